The molecule has 0 aliphatic carbocycles. The third kappa shape index (κ3) is 5.11. The van der Waals surface area contributed by atoms with Crippen LogP contribution in [0.3, 0.4) is 0 Å². The number of hydrogen-bond donors (Lipinski definition) is 0. The Hall–Kier alpha value is -3.16. The lowest BCUT2D eigenvalue weighted by Crippen LogP contribution is -2.27. The quantitative estimate of drug-likeness (QED) is 0.326. The zero-order valence-electron chi connectivity index (χ0n) is 20.3. The summed E-state index contributed by atoms with van der Waals surface area (Å²) in [5.41, 5.74) is 3.41. The average Bonchev–Trinajstić information content (AvgIpc) is 2.85. The van der Waals surface area contributed by atoms with Crippen LogP contribution in [-0.4, -0.2) is 34.0 Å². The molecule has 0 spiro atoms. The minimum Gasteiger partial charge on any atom is -0.374 e. The molecule has 1 saturated heterocycles. The maximum Gasteiger partial charge on any atom is 0.263 e. The second-order valence-electron chi connectivity index (χ2n) is 8.89. The molecule has 3 heterocycles. The lowest BCUT2D eigenvalue weighted by molar-refractivity contribution is 0.0286. The van der Waals surface area contributed by atoms with Gasteiger partial charge in [0.25, 0.3) is 5.56 Å². The smallest absolute Gasteiger partial charge is 0.263 e. The number of allylic oxidation sites excluding steroid dienone is 3. The van der Waals surface area contributed by atoms with Gasteiger partial charge in [-0.2, -0.15) is 0 Å². The molecule has 8 heteroatoms. The predicted octanol–water partition coefficient (Wildman–Crippen LogP) is 5.91. The standard InChI is InChI=1S/C27H28ClFN4O2/c1-15(6-7-16(2)30-4)24-12-18(10-11-35-24)22-14-23-25(27(34)33(5)17(3)31-23)26(32-22)20-9-8-19(28)13-21(20)29/h6-9,13-14,18,24H,4,10-12H2,1-3,5H3/b15-6+,16-7-/t18-,24+/m1/s1. The molecular formula is C27H28ClFN4O2. The van der Waals surface area contributed by atoms with Gasteiger partial charge >= 0.3 is 0 Å². The van der Waals surface area contributed by atoms with Crippen LogP contribution in [0.25, 0.3) is 22.2 Å². The molecule has 1 fully saturated rings. The number of ether oxygens (including phenoxy) is 1. The number of nitrogens with zero attached hydrogens (tertiary/aromatic N) is 4. The third-order valence-corrected chi connectivity index (χ3v) is 6.77. The molecule has 182 valence electrons. The molecule has 1 aliphatic rings. The highest BCUT2D eigenvalue weighted by Gasteiger charge is 2.28. The second-order valence-corrected chi connectivity index (χ2v) is 9.33. The maximum atomic E-state index is 15.0. The van der Waals surface area contributed by atoms with E-state index in [0.717, 1.165) is 23.4 Å². The first kappa shape index (κ1) is 24.9. The van der Waals surface area contributed by atoms with E-state index in [1.54, 1.807) is 26.1 Å². The van der Waals surface area contributed by atoms with Gasteiger partial charge in [-0.15, -0.1) is 0 Å². The van der Waals surface area contributed by atoms with Crippen molar-refractivity contribution in [3.63, 3.8) is 0 Å². The summed E-state index contributed by atoms with van der Waals surface area (Å²) in [6, 6.07) is 6.25. The van der Waals surface area contributed by atoms with Crippen molar-refractivity contribution in [3.05, 3.63) is 80.4 Å². The number of fused-ring (bicyclic) bond motifs is 1. The Labute approximate surface area is 208 Å². The van der Waals surface area contributed by atoms with Crippen LogP contribution in [0.15, 0.2) is 57.5 Å². The minimum atomic E-state index is -0.535. The van der Waals surface area contributed by atoms with Crippen molar-refractivity contribution in [1.82, 2.24) is 14.5 Å². The molecule has 2 atom stereocenters. The van der Waals surface area contributed by atoms with Crippen LogP contribution in [0, 0.1) is 12.7 Å². The van der Waals surface area contributed by atoms with Crippen molar-refractivity contribution < 1.29 is 9.13 Å². The van der Waals surface area contributed by atoms with Gasteiger partial charge in [0.1, 0.15) is 11.6 Å². The van der Waals surface area contributed by atoms with Crippen LogP contribution < -0.4 is 5.56 Å². The largest absolute Gasteiger partial charge is 0.374 e. The van der Waals surface area contributed by atoms with Gasteiger partial charge in [0.2, 0.25) is 0 Å². The summed E-state index contributed by atoms with van der Waals surface area (Å²) in [5, 5.41) is 0.569. The first-order valence-corrected chi connectivity index (χ1v) is 11.8. The highest BCUT2D eigenvalue weighted by molar-refractivity contribution is 6.30. The highest BCUT2D eigenvalue weighted by Crippen LogP contribution is 2.36. The molecule has 4 rings (SSSR count). The molecule has 0 N–H and O–H groups in total. The summed E-state index contributed by atoms with van der Waals surface area (Å²) in [4.78, 5) is 26.6. The van der Waals surface area contributed by atoms with Gasteiger partial charge in [0, 0.05) is 41.5 Å². The van der Waals surface area contributed by atoms with Gasteiger partial charge in [-0.1, -0.05) is 17.7 Å². The first-order valence-electron chi connectivity index (χ1n) is 11.5. The van der Waals surface area contributed by atoms with E-state index in [2.05, 4.69) is 16.7 Å². The minimum absolute atomic E-state index is 0.0596. The Morgan fingerprint density at radius 1 is 1.29 bits per heavy atom. The number of aliphatic imine (C=N–C) groups is 1. The summed E-state index contributed by atoms with van der Waals surface area (Å²) in [6.07, 6.45) is 5.29. The molecule has 0 saturated carbocycles. The molecule has 3 aromatic rings. The average molecular weight is 495 g/mol. The van der Waals surface area contributed by atoms with E-state index in [9.17, 15) is 9.18 Å². The van der Waals surface area contributed by atoms with Crippen molar-refractivity contribution >= 4 is 29.2 Å². The summed E-state index contributed by atoms with van der Waals surface area (Å²) in [6.45, 7) is 9.79. The van der Waals surface area contributed by atoms with Crippen molar-refractivity contribution in [2.45, 2.75) is 45.6 Å². The Morgan fingerprint density at radius 2 is 2.06 bits per heavy atom. The van der Waals surface area contributed by atoms with Crippen molar-refractivity contribution in [1.29, 1.82) is 0 Å². The normalized spacial score (nSPS) is 19.3. The van der Waals surface area contributed by atoms with E-state index in [1.807, 2.05) is 32.1 Å². The molecule has 35 heavy (non-hydrogen) atoms. The monoisotopic (exact) mass is 494 g/mol. The Balaban J connectivity index is 1.83. The lowest BCUT2D eigenvalue weighted by atomic mass is 9.88. The topological polar surface area (TPSA) is 69.4 Å². The van der Waals surface area contributed by atoms with Gasteiger partial charge < -0.3 is 4.74 Å². The highest BCUT2D eigenvalue weighted by atomic mass is 35.5. The molecule has 2 aromatic heterocycles. The number of hydrogen-bond acceptors (Lipinski definition) is 5. The summed E-state index contributed by atoms with van der Waals surface area (Å²) in [5.74, 6) is 0.0980. The fourth-order valence-corrected chi connectivity index (χ4v) is 4.45. The van der Waals surface area contributed by atoms with Crippen LogP contribution >= 0.6 is 11.6 Å². The van der Waals surface area contributed by atoms with Crippen molar-refractivity contribution in [3.8, 4) is 11.3 Å². The first-order chi connectivity index (χ1) is 16.7. The number of aromatic nitrogens is 3. The van der Waals surface area contributed by atoms with Gasteiger partial charge in [0.15, 0.2) is 0 Å². The molecule has 0 unspecified atom stereocenters. The van der Waals surface area contributed by atoms with E-state index in [1.165, 1.54) is 10.6 Å². The number of pyridine rings is 1. The van der Waals surface area contributed by atoms with E-state index < -0.39 is 5.82 Å². The van der Waals surface area contributed by atoms with E-state index in [0.29, 0.717) is 29.8 Å². The fourth-order valence-electron chi connectivity index (χ4n) is 4.29. The predicted molar refractivity (Wildman–Crippen MR) is 139 cm³/mol. The van der Waals surface area contributed by atoms with Crippen LogP contribution in [0.2, 0.25) is 5.02 Å². The van der Waals surface area contributed by atoms with E-state index in [4.69, 9.17) is 21.3 Å². The number of halogens is 2. The number of benzene rings is 1. The summed E-state index contributed by atoms with van der Waals surface area (Å²) in [7, 11) is 1.65. The molecular weight excluding hydrogens is 467 g/mol. The van der Waals surface area contributed by atoms with Crippen LogP contribution in [0.4, 0.5) is 4.39 Å². The molecule has 1 aliphatic heterocycles. The fraction of sp³-hybridized carbons (Fsp3) is 0.333. The zero-order chi connectivity index (χ0) is 25.3. The number of aryl methyl sites for hydroxylation is 1. The Morgan fingerprint density at radius 3 is 2.77 bits per heavy atom. The van der Waals surface area contributed by atoms with Crippen LogP contribution in [0.5, 0.6) is 0 Å². The van der Waals surface area contributed by atoms with Crippen molar-refractivity contribution in [2.24, 2.45) is 12.0 Å². The Bertz CT molecular complexity index is 1430. The van der Waals surface area contributed by atoms with Crippen LogP contribution in [0.1, 0.15) is 44.1 Å². The van der Waals surface area contributed by atoms with Gasteiger partial charge in [-0.3, -0.25) is 19.3 Å². The van der Waals surface area contributed by atoms with Gasteiger partial charge in [-0.25, -0.2) is 9.37 Å². The summed E-state index contributed by atoms with van der Waals surface area (Å²) >= 11 is 5.98. The zero-order valence-corrected chi connectivity index (χ0v) is 21.1. The molecule has 0 amide bonds. The number of rotatable bonds is 5. The summed E-state index contributed by atoms with van der Waals surface area (Å²) < 4.78 is 22.5. The molecule has 0 radical (unpaired) electrons. The van der Waals surface area contributed by atoms with Crippen molar-refractivity contribution in [2.75, 3.05) is 6.61 Å². The SMILES string of the molecule is C=N/C(C)=C\C=C(/C)[C@@H]1C[C@H](c2cc3nc(C)n(C)c(=O)c3c(-c3ccc(Cl)cc3F)n2)CCO1. The molecule has 1 aromatic carbocycles. The molecule has 0 bridgehead atoms. The lowest BCUT2D eigenvalue weighted by Gasteiger charge is -2.30. The second kappa shape index (κ2) is 10.2. The van der Waals surface area contributed by atoms with E-state index in [-0.39, 0.29) is 33.9 Å². The van der Waals surface area contributed by atoms with Gasteiger partial charge in [0.05, 0.1) is 22.7 Å². The molecule has 6 nitrogen and oxygen atoms in total. The maximum absolute atomic E-state index is 15.0. The van der Waals surface area contributed by atoms with Gasteiger partial charge in [-0.05, 0) is 76.2 Å². The van der Waals surface area contributed by atoms with E-state index >= 15 is 0 Å². The van der Waals surface area contributed by atoms with Crippen LogP contribution in [-0.2, 0) is 11.8 Å². The third-order valence-electron chi connectivity index (χ3n) is 6.54. The Kier molecular flexibility index (Phi) is 7.28.